The first-order valence-electron chi connectivity index (χ1n) is 5.24. The fourth-order valence-corrected chi connectivity index (χ4v) is 1.77. The standard InChI is InChI=1S/C11H12BrFN4/c12-10-2-1-9(11(13)7-10)8-14-3-5-17-6-4-15-16-17/h1-2,4,6-7,14H,3,5,8H2. The maximum Gasteiger partial charge on any atom is 0.128 e. The highest BCUT2D eigenvalue weighted by Crippen LogP contribution is 2.14. The van der Waals surface area contributed by atoms with Crippen LogP contribution >= 0.6 is 15.9 Å². The summed E-state index contributed by atoms with van der Waals surface area (Å²) in [6.45, 7) is 1.95. The summed E-state index contributed by atoms with van der Waals surface area (Å²) in [5, 5.41) is 10.7. The highest BCUT2D eigenvalue weighted by molar-refractivity contribution is 9.10. The Morgan fingerprint density at radius 3 is 3.00 bits per heavy atom. The quantitative estimate of drug-likeness (QED) is 0.858. The summed E-state index contributed by atoms with van der Waals surface area (Å²) in [6, 6.07) is 5.06. The second-order valence-corrected chi connectivity index (χ2v) is 4.49. The first-order chi connectivity index (χ1) is 8.25. The van der Waals surface area contributed by atoms with Crippen LogP contribution in [0.1, 0.15) is 5.56 Å². The second-order valence-electron chi connectivity index (χ2n) is 3.58. The molecule has 0 fully saturated rings. The Bertz CT molecular complexity index is 472. The molecule has 1 aromatic carbocycles. The summed E-state index contributed by atoms with van der Waals surface area (Å²) in [6.07, 6.45) is 3.43. The Kier molecular flexibility index (Phi) is 4.22. The summed E-state index contributed by atoms with van der Waals surface area (Å²) in [5.74, 6) is -0.201. The number of hydrogen-bond donors (Lipinski definition) is 1. The molecule has 0 atom stereocenters. The maximum absolute atomic E-state index is 13.5. The molecule has 0 aliphatic heterocycles. The van der Waals surface area contributed by atoms with Gasteiger partial charge in [-0.2, -0.15) is 0 Å². The number of nitrogens with one attached hydrogen (secondary N) is 1. The molecule has 0 aliphatic rings. The van der Waals surface area contributed by atoms with E-state index in [1.807, 2.05) is 6.07 Å². The van der Waals surface area contributed by atoms with Crippen molar-refractivity contribution < 1.29 is 4.39 Å². The largest absolute Gasteiger partial charge is 0.311 e. The van der Waals surface area contributed by atoms with Crippen molar-refractivity contribution in [3.8, 4) is 0 Å². The fraction of sp³-hybridized carbons (Fsp3) is 0.273. The Hall–Kier alpha value is -1.27. The molecule has 6 heteroatoms. The van der Waals surface area contributed by atoms with Crippen molar-refractivity contribution >= 4 is 15.9 Å². The zero-order valence-corrected chi connectivity index (χ0v) is 10.7. The molecule has 4 nitrogen and oxygen atoms in total. The minimum atomic E-state index is -0.201. The van der Waals surface area contributed by atoms with Gasteiger partial charge in [-0.1, -0.05) is 27.2 Å². The van der Waals surface area contributed by atoms with Crippen LogP contribution in [0, 0.1) is 5.82 Å². The van der Waals surface area contributed by atoms with Crippen molar-refractivity contribution in [2.45, 2.75) is 13.1 Å². The maximum atomic E-state index is 13.5. The predicted octanol–water partition coefficient (Wildman–Crippen LogP) is 1.97. The van der Waals surface area contributed by atoms with Gasteiger partial charge in [0.1, 0.15) is 5.82 Å². The molecule has 0 unspecified atom stereocenters. The average molecular weight is 299 g/mol. The Morgan fingerprint density at radius 1 is 1.41 bits per heavy atom. The summed E-state index contributed by atoms with van der Waals surface area (Å²) in [7, 11) is 0. The third-order valence-electron chi connectivity index (χ3n) is 2.32. The number of aromatic nitrogens is 3. The van der Waals surface area contributed by atoms with E-state index >= 15 is 0 Å². The Balaban J connectivity index is 1.78. The van der Waals surface area contributed by atoms with Gasteiger partial charge in [0.15, 0.2) is 0 Å². The highest BCUT2D eigenvalue weighted by Gasteiger charge is 2.01. The predicted molar refractivity (Wildman–Crippen MR) is 65.8 cm³/mol. The molecule has 0 amide bonds. The molecular formula is C11H12BrFN4. The normalized spacial score (nSPS) is 10.7. The highest BCUT2D eigenvalue weighted by atomic mass is 79.9. The molecule has 17 heavy (non-hydrogen) atoms. The lowest BCUT2D eigenvalue weighted by Gasteiger charge is -2.06. The van der Waals surface area contributed by atoms with Gasteiger partial charge in [-0.25, -0.2) is 4.39 Å². The zero-order valence-electron chi connectivity index (χ0n) is 9.11. The van der Waals surface area contributed by atoms with Gasteiger partial charge in [-0.15, -0.1) is 5.10 Å². The van der Waals surface area contributed by atoms with E-state index in [1.165, 1.54) is 6.07 Å². The van der Waals surface area contributed by atoms with Gasteiger partial charge < -0.3 is 5.32 Å². The molecule has 2 rings (SSSR count). The van der Waals surface area contributed by atoms with Crippen molar-refractivity contribution in [2.24, 2.45) is 0 Å². The summed E-state index contributed by atoms with van der Waals surface area (Å²) >= 11 is 3.23. The molecule has 90 valence electrons. The third-order valence-corrected chi connectivity index (χ3v) is 2.81. The molecule has 0 spiro atoms. The van der Waals surface area contributed by atoms with Crippen LogP contribution in [-0.2, 0) is 13.1 Å². The molecule has 0 saturated heterocycles. The van der Waals surface area contributed by atoms with E-state index in [0.29, 0.717) is 12.1 Å². The van der Waals surface area contributed by atoms with Gasteiger partial charge in [0, 0.05) is 29.3 Å². The number of hydrogen-bond acceptors (Lipinski definition) is 3. The van der Waals surface area contributed by atoms with Crippen molar-refractivity contribution in [3.05, 3.63) is 46.4 Å². The van der Waals surface area contributed by atoms with Gasteiger partial charge in [0.2, 0.25) is 0 Å². The Morgan fingerprint density at radius 2 is 2.29 bits per heavy atom. The van der Waals surface area contributed by atoms with Gasteiger partial charge in [0.25, 0.3) is 0 Å². The van der Waals surface area contributed by atoms with Crippen molar-refractivity contribution in [1.82, 2.24) is 20.3 Å². The lowest BCUT2D eigenvalue weighted by molar-refractivity contribution is 0.529. The second kappa shape index (κ2) is 5.88. The number of halogens is 2. The van der Waals surface area contributed by atoms with Crippen LogP contribution in [0.25, 0.3) is 0 Å². The Labute approximate surface area is 107 Å². The topological polar surface area (TPSA) is 42.7 Å². The van der Waals surface area contributed by atoms with Crippen LogP contribution in [0.5, 0.6) is 0 Å². The molecular weight excluding hydrogens is 287 g/mol. The van der Waals surface area contributed by atoms with Crippen LogP contribution in [0.3, 0.4) is 0 Å². The monoisotopic (exact) mass is 298 g/mol. The van der Waals surface area contributed by atoms with Gasteiger partial charge in [0.05, 0.1) is 12.7 Å². The smallest absolute Gasteiger partial charge is 0.128 e. The molecule has 1 N–H and O–H groups in total. The van der Waals surface area contributed by atoms with E-state index in [1.54, 1.807) is 23.1 Å². The van der Waals surface area contributed by atoms with E-state index in [0.717, 1.165) is 17.6 Å². The van der Waals surface area contributed by atoms with Crippen LogP contribution in [0.2, 0.25) is 0 Å². The van der Waals surface area contributed by atoms with Gasteiger partial charge in [-0.05, 0) is 12.1 Å². The molecule has 0 radical (unpaired) electrons. The van der Waals surface area contributed by atoms with Crippen molar-refractivity contribution in [1.29, 1.82) is 0 Å². The molecule has 1 heterocycles. The first kappa shape index (κ1) is 12.2. The first-order valence-corrected chi connectivity index (χ1v) is 6.04. The van der Waals surface area contributed by atoms with Crippen LogP contribution in [-0.4, -0.2) is 21.5 Å². The van der Waals surface area contributed by atoms with Crippen molar-refractivity contribution in [3.63, 3.8) is 0 Å². The third kappa shape index (κ3) is 3.61. The molecule has 0 aliphatic carbocycles. The zero-order chi connectivity index (χ0) is 12.1. The number of rotatable bonds is 5. The van der Waals surface area contributed by atoms with E-state index < -0.39 is 0 Å². The lowest BCUT2D eigenvalue weighted by atomic mass is 10.2. The summed E-state index contributed by atoms with van der Waals surface area (Å²) in [5.41, 5.74) is 0.659. The molecule has 2 aromatic rings. The lowest BCUT2D eigenvalue weighted by Crippen LogP contribution is -2.20. The van der Waals surface area contributed by atoms with E-state index in [4.69, 9.17) is 0 Å². The van der Waals surface area contributed by atoms with Crippen LogP contribution < -0.4 is 5.32 Å². The SMILES string of the molecule is Fc1cc(Br)ccc1CNCCn1ccnn1. The summed E-state index contributed by atoms with van der Waals surface area (Å²) < 4.78 is 15.9. The number of benzene rings is 1. The van der Waals surface area contributed by atoms with Gasteiger partial charge >= 0.3 is 0 Å². The summed E-state index contributed by atoms with van der Waals surface area (Å²) in [4.78, 5) is 0. The fourth-order valence-electron chi connectivity index (χ4n) is 1.43. The molecule has 1 aromatic heterocycles. The minimum Gasteiger partial charge on any atom is -0.311 e. The van der Waals surface area contributed by atoms with E-state index in [2.05, 4.69) is 31.6 Å². The van der Waals surface area contributed by atoms with Gasteiger partial charge in [-0.3, -0.25) is 4.68 Å². The van der Waals surface area contributed by atoms with Crippen LogP contribution in [0.4, 0.5) is 4.39 Å². The minimum absolute atomic E-state index is 0.201. The van der Waals surface area contributed by atoms with Crippen LogP contribution in [0.15, 0.2) is 35.1 Å². The van der Waals surface area contributed by atoms with Crippen molar-refractivity contribution in [2.75, 3.05) is 6.54 Å². The molecule has 0 bridgehead atoms. The van der Waals surface area contributed by atoms with E-state index in [9.17, 15) is 4.39 Å². The molecule has 0 saturated carbocycles. The number of nitrogens with zero attached hydrogens (tertiary/aromatic N) is 3. The van der Waals surface area contributed by atoms with E-state index in [-0.39, 0.29) is 5.82 Å². The average Bonchev–Trinajstić information content (AvgIpc) is 2.79.